The van der Waals surface area contributed by atoms with Crippen molar-refractivity contribution in [3.8, 4) is 5.75 Å². The summed E-state index contributed by atoms with van der Waals surface area (Å²) < 4.78 is 6.16. The molecule has 0 saturated heterocycles. The molecule has 126 valence electrons. The van der Waals surface area contributed by atoms with E-state index in [0.29, 0.717) is 17.0 Å². The van der Waals surface area contributed by atoms with E-state index >= 15 is 0 Å². The lowest BCUT2D eigenvalue weighted by Gasteiger charge is -2.09. The molecule has 25 heavy (non-hydrogen) atoms. The van der Waals surface area contributed by atoms with Gasteiger partial charge >= 0.3 is 0 Å². The second-order valence-corrected chi connectivity index (χ2v) is 6.20. The Labute approximate surface area is 154 Å². The fourth-order valence-electron chi connectivity index (χ4n) is 2.24. The van der Waals surface area contributed by atoms with Crippen LogP contribution in [-0.4, -0.2) is 18.0 Å². The van der Waals surface area contributed by atoms with Gasteiger partial charge in [-0.2, -0.15) is 0 Å². The molecule has 1 aromatic heterocycles. The highest BCUT2D eigenvalue weighted by atomic mass is 79.9. The topological polar surface area (TPSA) is 63.2 Å². The molecule has 0 radical (unpaired) electrons. The lowest BCUT2D eigenvalue weighted by Crippen LogP contribution is -2.12. The van der Waals surface area contributed by atoms with Crippen LogP contribution >= 0.6 is 15.9 Å². The van der Waals surface area contributed by atoms with E-state index in [1.807, 2.05) is 36.4 Å². The Morgan fingerprint density at radius 3 is 2.56 bits per heavy atom. The van der Waals surface area contributed by atoms with E-state index in [2.05, 4.69) is 31.5 Å². The van der Waals surface area contributed by atoms with Crippen LogP contribution in [0.5, 0.6) is 5.75 Å². The molecule has 2 aromatic carbocycles. The third kappa shape index (κ3) is 4.58. The monoisotopic (exact) mass is 397 g/mol. The van der Waals surface area contributed by atoms with Crippen molar-refractivity contribution in [1.29, 1.82) is 0 Å². The summed E-state index contributed by atoms with van der Waals surface area (Å²) in [6, 6.07) is 16.7. The molecule has 0 spiro atoms. The fourth-order valence-corrected chi connectivity index (χ4v) is 2.50. The molecule has 2 N–H and O–H groups in total. The number of carbonyl (C=O) groups excluding carboxylic acids is 1. The first-order valence-corrected chi connectivity index (χ1v) is 8.36. The number of ether oxygens (including phenoxy) is 1. The Balaban J connectivity index is 1.73. The summed E-state index contributed by atoms with van der Waals surface area (Å²) in [6.07, 6.45) is 3.20. The van der Waals surface area contributed by atoms with Crippen molar-refractivity contribution in [3.05, 3.63) is 77.0 Å². The Kier molecular flexibility index (Phi) is 5.30. The number of rotatable bonds is 5. The summed E-state index contributed by atoms with van der Waals surface area (Å²) in [6.45, 7) is 0. The summed E-state index contributed by atoms with van der Waals surface area (Å²) in [4.78, 5) is 16.6. The second-order valence-electron chi connectivity index (χ2n) is 5.28. The number of aromatic nitrogens is 1. The molecule has 3 aromatic rings. The van der Waals surface area contributed by atoms with Gasteiger partial charge in [-0.1, -0.05) is 22.0 Å². The van der Waals surface area contributed by atoms with Crippen LogP contribution in [-0.2, 0) is 0 Å². The van der Waals surface area contributed by atoms with Crippen LogP contribution in [0.2, 0.25) is 0 Å². The quantitative estimate of drug-likeness (QED) is 0.645. The smallest absolute Gasteiger partial charge is 0.257 e. The maximum atomic E-state index is 12.4. The average molecular weight is 398 g/mol. The number of methoxy groups -OCH3 is 1. The lowest BCUT2D eigenvalue weighted by atomic mass is 10.2. The van der Waals surface area contributed by atoms with Gasteiger partial charge in [0, 0.05) is 28.1 Å². The van der Waals surface area contributed by atoms with Gasteiger partial charge in [0.2, 0.25) is 0 Å². The van der Waals surface area contributed by atoms with E-state index < -0.39 is 0 Å². The van der Waals surface area contributed by atoms with E-state index in [0.717, 1.165) is 15.8 Å². The van der Waals surface area contributed by atoms with E-state index in [9.17, 15) is 4.79 Å². The predicted molar refractivity (Wildman–Crippen MR) is 103 cm³/mol. The Morgan fingerprint density at radius 2 is 1.80 bits per heavy atom. The highest BCUT2D eigenvalue weighted by Crippen LogP contribution is 2.21. The summed E-state index contributed by atoms with van der Waals surface area (Å²) in [5.41, 5.74) is 2.77. The van der Waals surface area contributed by atoms with Crippen molar-refractivity contribution in [2.45, 2.75) is 0 Å². The molecule has 0 aliphatic heterocycles. The minimum atomic E-state index is -0.236. The number of nitrogens with one attached hydrogen (secondary N) is 2. The molecule has 0 aliphatic rings. The Hall–Kier alpha value is -2.86. The summed E-state index contributed by atoms with van der Waals surface area (Å²) in [7, 11) is 1.59. The number of hydrogen-bond acceptors (Lipinski definition) is 4. The summed E-state index contributed by atoms with van der Waals surface area (Å²) >= 11 is 3.40. The van der Waals surface area contributed by atoms with Gasteiger partial charge in [-0.05, 0) is 42.5 Å². The van der Waals surface area contributed by atoms with E-state index in [-0.39, 0.29) is 5.91 Å². The second kappa shape index (κ2) is 7.81. The minimum absolute atomic E-state index is 0.236. The Bertz CT molecular complexity index is 882. The molecule has 0 saturated carbocycles. The van der Waals surface area contributed by atoms with Crippen molar-refractivity contribution >= 4 is 38.9 Å². The molecule has 0 bridgehead atoms. The molecule has 5 nitrogen and oxygen atoms in total. The van der Waals surface area contributed by atoms with Gasteiger partial charge in [-0.25, -0.2) is 0 Å². The first kappa shape index (κ1) is 17.0. The van der Waals surface area contributed by atoms with Crippen LogP contribution in [0.25, 0.3) is 0 Å². The molecular weight excluding hydrogens is 382 g/mol. The zero-order chi connectivity index (χ0) is 17.6. The molecule has 1 amide bonds. The molecule has 6 heteroatoms. The van der Waals surface area contributed by atoms with Crippen LogP contribution in [0.15, 0.2) is 71.5 Å². The van der Waals surface area contributed by atoms with Crippen LogP contribution in [0.3, 0.4) is 0 Å². The van der Waals surface area contributed by atoms with Crippen molar-refractivity contribution in [3.63, 3.8) is 0 Å². The molecule has 1 heterocycles. The zero-order valence-electron chi connectivity index (χ0n) is 13.5. The maximum Gasteiger partial charge on any atom is 0.257 e. The predicted octanol–water partition coefficient (Wildman–Crippen LogP) is 4.85. The van der Waals surface area contributed by atoms with E-state index in [1.54, 1.807) is 31.5 Å². The van der Waals surface area contributed by atoms with E-state index in [1.165, 1.54) is 6.20 Å². The summed E-state index contributed by atoms with van der Waals surface area (Å²) in [5.74, 6) is 0.446. The molecular formula is C19H16BrN3O2. The molecule has 0 aliphatic carbocycles. The maximum absolute atomic E-state index is 12.4. The van der Waals surface area contributed by atoms with Crippen LogP contribution in [0.4, 0.5) is 17.1 Å². The SMILES string of the molecule is COc1cccc(NC(=O)c2cncc(Nc3ccc(Br)cc3)c2)c1. The van der Waals surface area contributed by atoms with Gasteiger partial charge in [0.15, 0.2) is 0 Å². The van der Waals surface area contributed by atoms with Gasteiger partial charge in [0.1, 0.15) is 5.75 Å². The number of nitrogens with zero attached hydrogens (tertiary/aromatic N) is 1. The van der Waals surface area contributed by atoms with Crippen molar-refractivity contribution in [2.75, 3.05) is 17.7 Å². The molecule has 0 fully saturated rings. The number of amides is 1. The molecule has 0 unspecified atom stereocenters. The highest BCUT2D eigenvalue weighted by Gasteiger charge is 2.08. The molecule has 3 rings (SSSR count). The summed E-state index contributed by atoms with van der Waals surface area (Å²) in [5, 5.41) is 6.06. The zero-order valence-corrected chi connectivity index (χ0v) is 15.1. The van der Waals surface area contributed by atoms with Crippen molar-refractivity contribution in [2.24, 2.45) is 0 Å². The first-order valence-electron chi connectivity index (χ1n) is 7.57. The third-order valence-corrected chi connectivity index (χ3v) is 3.99. The van der Waals surface area contributed by atoms with Gasteiger partial charge in [-0.15, -0.1) is 0 Å². The number of halogens is 1. The molecule has 0 atom stereocenters. The third-order valence-electron chi connectivity index (χ3n) is 3.46. The van der Waals surface area contributed by atoms with Gasteiger partial charge in [0.25, 0.3) is 5.91 Å². The van der Waals surface area contributed by atoms with Crippen LogP contribution in [0, 0.1) is 0 Å². The number of hydrogen-bond donors (Lipinski definition) is 2. The normalized spacial score (nSPS) is 10.2. The van der Waals surface area contributed by atoms with Gasteiger partial charge in [-0.3, -0.25) is 9.78 Å². The number of benzene rings is 2. The fraction of sp³-hybridized carbons (Fsp3) is 0.0526. The Morgan fingerprint density at radius 1 is 1.00 bits per heavy atom. The van der Waals surface area contributed by atoms with Crippen LogP contribution < -0.4 is 15.4 Å². The minimum Gasteiger partial charge on any atom is -0.497 e. The van der Waals surface area contributed by atoms with Crippen molar-refractivity contribution in [1.82, 2.24) is 4.98 Å². The number of pyridine rings is 1. The lowest BCUT2D eigenvalue weighted by molar-refractivity contribution is 0.102. The standard InChI is InChI=1S/C19H16BrN3O2/c1-25-18-4-2-3-16(10-18)23-19(24)13-9-17(12-21-11-13)22-15-7-5-14(20)6-8-15/h2-12,22H,1H3,(H,23,24). The number of anilines is 3. The number of carbonyl (C=O) groups is 1. The van der Waals surface area contributed by atoms with Gasteiger partial charge in [0.05, 0.1) is 24.6 Å². The average Bonchev–Trinajstić information content (AvgIpc) is 2.64. The highest BCUT2D eigenvalue weighted by molar-refractivity contribution is 9.10. The van der Waals surface area contributed by atoms with Crippen LogP contribution in [0.1, 0.15) is 10.4 Å². The van der Waals surface area contributed by atoms with E-state index in [4.69, 9.17) is 4.74 Å². The largest absolute Gasteiger partial charge is 0.497 e. The first-order chi connectivity index (χ1) is 12.1. The van der Waals surface area contributed by atoms with Gasteiger partial charge < -0.3 is 15.4 Å². The van der Waals surface area contributed by atoms with Crippen molar-refractivity contribution < 1.29 is 9.53 Å².